The molecule has 1 aliphatic heterocycles. The van der Waals surface area contributed by atoms with Crippen LogP contribution in [0.15, 0.2) is 0 Å². The molecule has 0 aromatic heterocycles. The number of piperazine rings is 1. The van der Waals surface area contributed by atoms with Gasteiger partial charge in [0.1, 0.15) is 0 Å². The van der Waals surface area contributed by atoms with Crippen molar-refractivity contribution in [2.75, 3.05) is 45.2 Å². The smallest absolute Gasteiger partial charge is 0.304 e. The maximum Gasteiger partial charge on any atom is 0.304 e. The molecule has 17 heavy (non-hydrogen) atoms. The van der Waals surface area contributed by atoms with Crippen molar-refractivity contribution in [2.45, 2.75) is 25.3 Å². The Balaban J connectivity index is 2.40. The van der Waals surface area contributed by atoms with Crippen molar-refractivity contribution in [1.82, 2.24) is 9.80 Å². The van der Waals surface area contributed by atoms with Gasteiger partial charge in [-0.05, 0) is 31.9 Å². The molecule has 4 nitrogen and oxygen atoms in total. The molecule has 100 valence electrons. The highest BCUT2D eigenvalue weighted by molar-refractivity contribution is 7.98. The number of likely N-dealkylation sites (N-methyl/N-ethyl adjacent to an activating group) is 1. The van der Waals surface area contributed by atoms with Gasteiger partial charge < -0.3 is 10.0 Å². The van der Waals surface area contributed by atoms with E-state index in [4.69, 9.17) is 5.11 Å². The third-order valence-corrected chi connectivity index (χ3v) is 4.05. The summed E-state index contributed by atoms with van der Waals surface area (Å²) in [5, 5.41) is 8.98. The zero-order valence-electron chi connectivity index (χ0n) is 10.9. The lowest BCUT2D eigenvalue weighted by molar-refractivity contribution is -0.138. The van der Waals surface area contributed by atoms with Crippen LogP contribution in [-0.2, 0) is 4.79 Å². The lowest BCUT2D eigenvalue weighted by Crippen LogP contribution is -2.49. The number of rotatable bonds is 7. The molecule has 1 N–H and O–H groups in total. The fourth-order valence-electron chi connectivity index (χ4n) is 2.27. The molecule has 0 aliphatic carbocycles. The number of carbonyl (C=O) groups is 1. The zero-order chi connectivity index (χ0) is 12.7. The number of nitrogens with zero attached hydrogens (tertiary/aromatic N) is 2. The number of carboxylic acids is 1. The average Bonchev–Trinajstić information content (AvgIpc) is 2.28. The summed E-state index contributed by atoms with van der Waals surface area (Å²) in [6.07, 6.45) is 4.52. The van der Waals surface area contributed by atoms with Crippen molar-refractivity contribution in [3.63, 3.8) is 0 Å². The Labute approximate surface area is 108 Å². The predicted molar refractivity (Wildman–Crippen MR) is 72.7 cm³/mol. The van der Waals surface area contributed by atoms with Gasteiger partial charge in [0.25, 0.3) is 0 Å². The van der Waals surface area contributed by atoms with Gasteiger partial charge >= 0.3 is 5.97 Å². The largest absolute Gasteiger partial charge is 0.481 e. The van der Waals surface area contributed by atoms with Crippen LogP contribution in [0, 0.1) is 0 Å². The topological polar surface area (TPSA) is 43.8 Å². The molecule has 1 rings (SSSR count). The molecule has 0 saturated carbocycles. The van der Waals surface area contributed by atoms with Gasteiger partial charge in [-0.1, -0.05) is 0 Å². The number of hydrogen-bond acceptors (Lipinski definition) is 4. The van der Waals surface area contributed by atoms with Crippen LogP contribution in [0.4, 0.5) is 0 Å². The van der Waals surface area contributed by atoms with Gasteiger partial charge in [0.15, 0.2) is 0 Å². The number of carboxylic acid groups (broad SMARTS) is 1. The van der Waals surface area contributed by atoms with Crippen LogP contribution in [0.3, 0.4) is 0 Å². The van der Waals surface area contributed by atoms with Gasteiger partial charge in [-0.25, -0.2) is 0 Å². The van der Waals surface area contributed by atoms with Crippen LogP contribution < -0.4 is 0 Å². The molecule has 5 heteroatoms. The molecule has 1 aliphatic rings. The van der Waals surface area contributed by atoms with Crippen LogP contribution in [0.5, 0.6) is 0 Å². The number of hydrogen-bond donors (Lipinski definition) is 1. The van der Waals surface area contributed by atoms with Crippen molar-refractivity contribution in [3.05, 3.63) is 0 Å². The first kappa shape index (κ1) is 14.8. The summed E-state index contributed by atoms with van der Waals surface area (Å²) in [7, 11) is 2.12. The molecule has 0 aromatic rings. The van der Waals surface area contributed by atoms with Crippen LogP contribution in [-0.4, -0.2) is 72.2 Å². The van der Waals surface area contributed by atoms with E-state index < -0.39 is 5.97 Å². The van der Waals surface area contributed by atoms with Gasteiger partial charge in [-0.3, -0.25) is 9.69 Å². The van der Waals surface area contributed by atoms with Gasteiger partial charge in [-0.2, -0.15) is 11.8 Å². The molecular weight excluding hydrogens is 236 g/mol. The Morgan fingerprint density at radius 1 is 1.35 bits per heavy atom. The first-order chi connectivity index (χ1) is 8.13. The van der Waals surface area contributed by atoms with Gasteiger partial charge in [0.2, 0.25) is 0 Å². The molecule has 0 radical (unpaired) electrons. The van der Waals surface area contributed by atoms with Crippen molar-refractivity contribution in [2.24, 2.45) is 0 Å². The fourth-order valence-corrected chi connectivity index (χ4v) is 2.72. The maximum absolute atomic E-state index is 10.9. The molecule has 0 spiro atoms. The van der Waals surface area contributed by atoms with Crippen LogP contribution in [0.1, 0.15) is 19.3 Å². The van der Waals surface area contributed by atoms with Crippen LogP contribution >= 0.6 is 11.8 Å². The van der Waals surface area contributed by atoms with Crippen molar-refractivity contribution in [3.8, 4) is 0 Å². The summed E-state index contributed by atoms with van der Waals surface area (Å²) < 4.78 is 0. The summed E-state index contributed by atoms with van der Waals surface area (Å²) in [5.41, 5.74) is 0. The minimum Gasteiger partial charge on any atom is -0.481 e. The normalized spacial score (nSPS) is 20.4. The lowest BCUT2D eigenvalue weighted by atomic mass is 10.1. The van der Waals surface area contributed by atoms with Crippen molar-refractivity contribution in [1.29, 1.82) is 0 Å². The van der Waals surface area contributed by atoms with E-state index in [0.717, 1.165) is 44.8 Å². The highest BCUT2D eigenvalue weighted by Crippen LogP contribution is 2.15. The summed E-state index contributed by atoms with van der Waals surface area (Å²) in [6, 6.07) is 0.230. The Bertz CT molecular complexity index is 231. The second kappa shape index (κ2) is 7.95. The van der Waals surface area contributed by atoms with E-state index in [-0.39, 0.29) is 12.5 Å². The van der Waals surface area contributed by atoms with Gasteiger partial charge in [0.05, 0.1) is 6.42 Å². The molecule has 0 amide bonds. The first-order valence-corrected chi connectivity index (χ1v) is 7.66. The molecule has 1 heterocycles. The van der Waals surface area contributed by atoms with Gasteiger partial charge in [0, 0.05) is 32.2 Å². The quantitative estimate of drug-likeness (QED) is 0.697. The van der Waals surface area contributed by atoms with Crippen LogP contribution in [0.2, 0.25) is 0 Å². The number of aliphatic carboxylic acids is 1. The molecule has 1 atom stereocenters. The summed E-state index contributed by atoms with van der Waals surface area (Å²) >= 11 is 1.84. The van der Waals surface area contributed by atoms with E-state index in [9.17, 15) is 4.79 Å². The molecule has 0 bridgehead atoms. The second-order valence-corrected chi connectivity index (χ2v) is 5.71. The van der Waals surface area contributed by atoms with E-state index in [1.54, 1.807) is 0 Å². The van der Waals surface area contributed by atoms with Crippen molar-refractivity contribution >= 4 is 17.7 Å². The maximum atomic E-state index is 10.9. The SMILES string of the molecule is CSCCCC(CC(=O)O)N1CCN(C)CC1. The summed E-state index contributed by atoms with van der Waals surface area (Å²) in [4.78, 5) is 15.6. The van der Waals surface area contributed by atoms with Crippen molar-refractivity contribution < 1.29 is 9.90 Å². The van der Waals surface area contributed by atoms with E-state index in [1.165, 1.54) is 0 Å². The van der Waals surface area contributed by atoms with E-state index >= 15 is 0 Å². The summed E-state index contributed by atoms with van der Waals surface area (Å²) in [6.45, 7) is 4.12. The average molecular weight is 260 g/mol. The molecule has 1 fully saturated rings. The third-order valence-electron chi connectivity index (χ3n) is 3.35. The Morgan fingerprint density at radius 2 is 2.00 bits per heavy atom. The highest BCUT2D eigenvalue weighted by atomic mass is 32.2. The molecular formula is C12H24N2O2S. The Morgan fingerprint density at radius 3 is 2.53 bits per heavy atom. The standard InChI is InChI=1S/C12H24N2O2S/c1-13-5-7-14(8-6-13)11(10-12(15)16)4-3-9-17-2/h11H,3-10H2,1-2H3,(H,15,16). The zero-order valence-corrected chi connectivity index (χ0v) is 11.7. The first-order valence-electron chi connectivity index (χ1n) is 6.27. The van der Waals surface area contributed by atoms with Crippen LogP contribution in [0.25, 0.3) is 0 Å². The lowest BCUT2D eigenvalue weighted by Gasteiger charge is -2.37. The minimum absolute atomic E-state index is 0.230. The molecule has 0 aromatic carbocycles. The molecule has 1 saturated heterocycles. The van der Waals surface area contributed by atoms with E-state index in [1.807, 2.05) is 11.8 Å². The monoisotopic (exact) mass is 260 g/mol. The van der Waals surface area contributed by atoms with E-state index in [2.05, 4.69) is 23.1 Å². The minimum atomic E-state index is -0.668. The van der Waals surface area contributed by atoms with E-state index in [0.29, 0.717) is 0 Å². The fraction of sp³-hybridized carbons (Fsp3) is 0.917. The second-order valence-electron chi connectivity index (χ2n) is 4.73. The Hall–Kier alpha value is -0.260. The van der Waals surface area contributed by atoms with Gasteiger partial charge in [-0.15, -0.1) is 0 Å². The predicted octanol–water partition coefficient (Wildman–Crippen LogP) is 1.22. The number of thioether (sulfide) groups is 1. The Kier molecular flexibility index (Phi) is 6.92. The highest BCUT2D eigenvalue weighted by Gasteiger charge is 2.23. The third kappa shape index (κ3) is 5.75. The summed E-state index contributed by atoms with van der Waals surface area (Å²) in [5.74, 6) is 0.460. The molecule has 1 unspecified atom stereocenters.